The molecule has 0 aromatic carbocycles. The van der Waals surface area contributed by atoms with Gasteiger partial charge in [-0.25, -0.2) is 0 Å². The summed E-state index contributed by atoms with van der Waals surface area (Å²) >= 11 is 5.21. The maximum Gasteiger partial charge on any atom is 0.117 e. The van der Waals surface area contributed by atoms with Crippen molar-refractivity contribution < 1.29 is 4.42 Å². The zero-order valence-electron chi connectivity index (χ0n) is 8.37. The SMILES string of the molecule is CC(NCc1ccco1)c1cc(Br)cs1. The molecule has 0 amide bonds. The molecule has 4 heteroatoms. The Morgan fingerprint density at radius 2 is 2.47 bits per heavy atom. The predicted octanol–water partition coefficient (Wildman–Crippen LogP) is 3.95. The number of halogens is 1. The quantitative estimate of drug-likeness (QED) is 0.920. The van der Waals surface area contributed by atoms with Gasteiger partial charge in [0.15, 0.2) is 0 Å². The summed E-state index contributed by atoms with van der Waals surface area (Å²) in [7, 11) is 0. The van der Waals surface area contributed by atoms with Gasteiger partial charge in [0.05, 0.1) is 12.8 Å². The molecule has 2 aromatic heterocycles. The molecule has 0 aliphatic heterocycles. The lowest BCUT2D eigenvalue weighted by molar-refractivity contribution is 0.462. The molecule has 0 saturated carbocycles. The van der Waals surface area contributed by atoms with E-state index in [1.807, 2.05) is 12.1 Å². The van der Waals surface area contributed by atoms with Crippen molar-refractivity contribution in [1.82, 2.24) is 5.32 Å². The summed E-state index contributed by atoms with van der Waals surface area (Å²) in [6.07, 6.45) is 1.70. The second-order valence-corrected chi connectivity index (χ2v) is 5.21. The highest BCUT2D eigenvalue weighted by molar-refractivity contribution is 9.10. The maximum atomic E-state index is 5.26. The smallest absolute Gasteiger partial charge is 0.117 e. The number of thiophene rings is 1. The van der Waals surface area contributed by atoms with Gasteiger partial charge in [0, 0.05) is 20.8 Å². The van der Waals surface area contributed by atoms with Crippen molar-refractivity contribution in [2.24, 2.45) is 0 Å². The molecular weight excluding hydrogens is 274 g/mol. The van der Waals surface area contributed by atoms with Gasteiger partial charge in [0.1, 0.15) is 5.76 Å². The van der Waals surface area contributed by atoms with Crippen molar-refractivity contribution in [1.29, 1.82) is 0 Å². The Morgan fingerprint density at radius 1 is 1.60 bits per heavy atom. The first kappa shape index (κ1) is 10.9. The van der Waals surface area contributed by atoms with E-state index in [9.17, 15) is 0 Å². The molecule has 2 aromatic rings. The minimum atomic E-state index is 0.353. The molecule has 0 aliphatic rings. The van der Waals surface area contributed by atoms with Crippen molar-refractivity contribution >= 4 is 27.3 Å². The average molecular weight is 286 g/mol. The predicted molar refractivity (Wildman–Crippen MR) is 66.0 cm³/mol. The topological polar surface area (TPSA) is 25.2 Å². The summed E-state index contributed by atoms with van der Waals surface area (Å²) in [5.41, 5.74) is 0. The summed E-state index contributed by atoms with van der Waals surface area (Å²) in [5, 5.41) is 5.51. The van der Waals surface area contributed by atoms with Crippen molar-refractivity contribution in [2.75, 3.05) is 0 Å². The summed E-state index contributed by atoms with van der Waals surface area (Å²) in [5.74, 6) is 0.970. The normalized spacial score (nSPS) is 12.9. The van der Waals surface area contributed by atoms with Gasteiger partial charge in [-0.2, -0.15) is 0 Å². The molecule has 0 radical (unpaired) electrons. The van der Waals surface area contributed by atoms with E-state index in [4.69, 9.17) is 4.42 Å². The van der Waals surface area contributed by atoms with Gasteiger partial charge in [0.25, 0.3) is 0 Å². The van der Waals surface area contributed by atoms with Crippen LogP contribution in [0.4, 0.5) is 0 Å². The molecule has 0 aliphatic carbocycles. The van der Waals surface area contributed by atoms with E-state index < -0.39 is 0 Å². The van der Waals surface area contributed by atoms with Gasteiger partial charge < -0.3 is 9.73 Å². The lowest BCUT2D eigenvalue weighted by atomic mass is 10.2. The van der Waals surface area contributed by atoms with Gasteiger partial charge in [-0.15, -0.1) is 11.3 Å². The Balaban J connectivity index is 1.90. The fraction of sp³-hybridized carbons (Fsp3) is 0.273. The third kappa shape index (κ3) is 2.93. The molecule has 1 atom stereocenters. The van der Waals surface area contributed by atoms with Crippen molar-refractivity contribution in [3.63, 3.8) is 0 Å². The average Bonchev–Trinajstić information content (AvgIpc) is 2.84. The minimum absolute atomic E-state index is 0.353. The fourth-order valence-corrected chi connectivity index (χ4v) is 2.80. The monoisotopic (exact) mass is 285 g/mol. The highest BCUT2D eigenvalue weighted by Gasteiger charge is 2.07. The minimum Gasteiger partial charge on any atom is -0.468 e. The van der Waals surface area contributed by atoms with E-state index >= 15 is 0 Å². The van der Waals surface area contributed by atoms with E-state index in [0.29, 0.717) is 6.04 Å². The van der Waals surface area contributed by atoms with Crippen LogP contribution >= 0.6 is 27.3 Å². The van der Waals surface area contributed by atoms with Gasteiger partial charge in [-0.05, 0) is 41.1 Å². The van der Waals surface area contributed by atoms with Crippen LogP contribution in [0.3, 0.4) is 0 Å². The number of rotatable bonds is 4. The van der Waals surface area contributed by atoms with Crippen LogP contribution in [-0.2, 0) is 6.54 Å². The molecule has 1 N–H and O–H groups in total. The van der Waals surface area contributed by atoms with Crippen LogP contribution in [0.2, 0.25) is 0 Å². The van der Waals surface area contributed by atoms with E-state index in [-0.39, 0.29) is 0 Å². The van der Waals surface area contributed by atoms with Gasteiger partial charge in [-0.1, -0.05) is 0 Å². The maximum absolute atomic E-state index is 5.26. The summed E-state index contributed by atoms with van der Waals surface area (Å²) in [4.78, 5) is 1.33. The molecule has 2 nitrogen and oxygen atoms in total. The van der Waals surface area contributed by atoms with E-state index in [0.717, 1.165) is 16.8 Å². The van der Waals surface area contributed by atoms with Crippen LogP contribution in [0.15, 0.2) is 38.7 Å². The third-order valence-corrected chi connectivity index (χ3v) is 4.05. The Kier molecular flexibility index (Phi) is 3.61. The van der Waals surface area contributed by atoms with Gasteiger partial charge in [-0.3, -0.25) is 0 Å². The molecule has 2 rings (SSSR count). The highest BCUT2D eigenvalue weighted by atomic mass is 79.9. The fourth-order valence-electron chi connectivity index (χ4n) is 1.32. The van der Waals surface area contributed by atoms with Crippen LogP contribution < -0.4 is 5.32 Å². The standard InChI is InChI=1S/C11H12BrNOS/c1-8(11-5-9(12)7-15-11)13-6-10-3-2-4-14-10/h2-5,7-8,13H,6H2,1H3. The molecular formula is C11H12BrNOS. The molecule has 0 saturated heterocycles. The van der Waals surface area contributed by atoms with Crippen LogP contribution in [0, 0.1) is 0 Å². The lowest BCUT2D eigenvalue weighted by Crippen LogP contribution is -2.16. The van der Waals surface area contributed by atoms with Crippen LogP contribution in [0.25, 0.3) is 0 Å². The zero-order chi connectivity index (χ0) is 10.7. The second kappa shape index (κ2) is 4.96. The van der Waals surface area contributed by atoms with Crippen LogP contribution in [0.1, 0.15) is 23.6 Å². The number of nitrogens with one attached hydrogen (secondary N) is 1. The second-order valence-electron chi connectivity index (χ2n) is 3.35. The van der Waals surface area contributed by atoms with E-state index in [1.165, 1.54) is 4.88 Å². The first-order valence-electron chi connectivity index (χ1n) is 4.75. The largest absolute Gasteiger partial charge is 0.468 e. The summed E-state index contributed by atoms with van der Waals surface area (Å²) in [6, 6.07) is 6.38. The molecule has 1 unspecified atom stereocenters. The lowest BCUT2D eigenvalue weighted by Gasteiger charge is -2.10. The molecule has 15 heavy (non-hydrogen) atoms. The van der Waals surface area contributed by atoms with Crippen LogP contribution in [-0.4, -0.2) is 0 Å². The zero-order valence-corrected chi connectivity index (χ0v) is 10.8. The Bertz CT molecular complexity index is 410. The first-order chi connectivity index (χ1) is 7.25. The third-order valence-electron chi connectivity index (χ3n) is 2.18. The summed E-state index contributed by atoms with van der Waals surface area (Å²) < 4.78 is 6.40. The molecule has 0 spiro atoms. The molecule has 0 fully saturated rings. The number of hydrogen-bond acceptors (Lipinski definition) is 3. The first-order valence-corrected chi connectivity index (χ1v) is 6.42. The Labute approximate surface area is 101 Å². The van der Waals surface area contributed by atoms with Crippen molar-refractivity contribution in [3.05, 3.63) is 45.0 Å². The summed E-state index contributed by atoms with van der Waals surface area (Å²) in [6.45, 7) is 2.92. The molecule has 0 bridgehead atoms. The van der Waals surface area contributed by atoms with Crippen molar-refractivity contribution in [2.45, 2.75) is 19.5 Å². The molecule has 80 valence electrons. The Hall–Kier alpha value is -0.580. The van der Waals surface area contributed by atoms with E-state index in [2.05, 4.69) is 39.6 Å². The van der Waals surface area contributed by atoms with Crippen molar-refractivity contribution in [3.8, 4) is 0 Å². The number of furan rings is 1. The molecule has 2 heterocycles. The van der Waals surface area contributed by atoms with Crippen LogP contribution in [0.5, 0.6) is 0 Å². The van der Waals surface area contributed by atoms with Gasteiger partial charge >= 0.3 is 0 Å². The Morgan fingerprint density at radius 3 is 3.07 bits per heavy atom. The highest BCUT2D eigenvalue weighted by Crippen LogP contribution is 2.25. The van der Waals surface area contributed by atoms with Gasteiger partial charge in [0.2, 0.25) is 0 Å². The van der Waals surface area contributed by atoms with E-state index in [1.54, 1.807) is 17.6 Å². The number of hydrogen-bond donors (Lipinski definition) is 1.